The number of benzene rings is 3. The Hall–Kier alpha value is -3.66. The third-order valence-electron chi connectivity index (χ3n) is 5.05. The average molecular weight is 352 g/mol. The average Bonchev–Trinajstić information content (AvgIpc) is 2.69. The molecule has 0 unspecified atom stereocenters. The van der Waals surface area contributed by atoms with E-state index in [1.54, 1.807) is 6.07 Å². The molecule has 0 amide bonds. The van der Waals surface area contributed by atoms with E-state index in [0.717, 1.165) is 27.8 Å². The highest BCUT2D eigenvalue weighted by atomic mass is 16.1. The van der Waals surface area contributed by atoms with Gasteiger partial charge in [-0.1, -0.05) is 54.1 Å². The number of hydrogen-bond donors (Lipinski definition) is 2. The minimum atomic E-state index is -0.209. The lowest BCUT2D eigenvalue weighted by molar-refractivity contribution is 0.104. The van der Waals surface area contributed by atoms with Crippen molar-refractivity contribution in [2.45, 2.75) is 6.92 Å². The molecule has 1 aliphatic rings. The molecule has 4 nitrogen and oxygen atoms in total. The number of carbonyl (C=O) groups excluding carboxylic acids is 1. The van der Waals surface area contributed by atoms with Gasteiger partial charge in [0.2, 0.25) is 0 Å². The number of H-pyrrole nitrogens is 1. The van der Waals surface area contributed by atoms with Gasteiger partial charge in [-0.05, 0) is 30.7 Å². The van der Waals surface area contributed by atoms with E-state index in [0.29, 0.717) is 22.3 Å². The van der Waals surface area contributed by atoms with Crippen LogP contribution in [0.15, 0.2) is 71.5 Å². The van der Waals surface area contributed by atoms with Gasteiger partial charge in [-0.25, -0.2) is 0 Å². The van der Waals surface area contributed by atoms with Crippen LogP contribution in [0.3, 0.4) is 0 Å². The second kappa shape index (κ2) is 5.68. The van der Waals surface area contributed by atoms with Gasteiger partial charge >= 0.3 is 0 Å². The Kier molecular flexibility index (Phi) is 3.28. The second-order valence-corrected chi connectivity index (χ2v) is 6.80. The summed E-state index contributed by atoms with van der Waals surface area (Å²) >= 11 is 0. The number of rotatable bonds is 2. The van der Waals surface area contributed by atoms with Crippen LogP contribution in [0.25, 0.3) is 22.0 Å². The first-order chi connectivity index (χ1) is 13.1. The van der Waals surface area contributed by atoms with Gasteiger partial charge in [0.15, 0.2) is 5.78 Å². The van der Waals surface area contributed by atoms with E-state index in [-0.39, 0.29) is 11.3 Å². The zero-order valence-electron chi connectivity index (χ0n) is 14.7. The van der Waals surface area contributed by atoms with Gasteiger partial charge < -0.3 is 10.3 Å². The number of nitrogens with one attached hydrogen (secondary N) is 2. The first-order valence-electron chi connectivity index (χ1n) is 8.80. The predicted octanol–water partition coefficient (Wildman–Crippen LogP) is 4.79. The molecule has 0 aliphatic heterocycles. The van der Waals surface area contributed by atoms with Crippen LogP contribution in [0.4, 0.5) is 11.4 Å². The number of aromatic amines is 1. The van der Waals surface area contributed by atoms with Crippen LogP contribution in [-0.4, -0.2) is 10.8 Å². The van der Waals surface area contributed by atoms with Crippen molar-refractivity contribution in [2.24, 2.45) is 0 Å². The van der Waals surface area contributed by atoms with Crippen LogP contribution in [0.5, 0.6) is 0 Å². The Morgan fingerprint density at radius 2 is 1.48 bits per heavy atom. The molecule has 0 fully saturated rings. The molecule has 0 bridgehead atoms. The molecule has 1 aliphatic carbocycles. The van der Waals surface area contributed by atoms with Crippen molar-refractivity contribution in [2.75, 3.05) is 5.32 Å². The molecule has 2 N–H and O–H groups in total. The van der Waals surface area contributed by atoms with E-state index >= 15 is 0 Å². The van der Waals surface area contributed by atoms with Crippen molar-refractivity contribution in [3.8, 4) is 11.1 Å². The van der Waals surface area contributed by atoms with E-state index in [1.165, 1.54) is 0 Å². The fourth-order valence-corrected chi connectivity index (χ4v) is 3.75. The standard InChI is InChI=1S/C23H16N2O2/c1-13-9-11-14(12-10-13)24-21-20-15-5-2-3-6-16(15)22(26)17-7-4-8-18(19(17)20)25-23(21)27/h2-12,24H,1H3,(H,25,27). The normalized spacial score (nSPS) is 12.1. The minimum Gasteiger partial charge on any atom is -0.350 e. The Balaban J connectivity index is 1.87. The highest BCUT2D eigenvalue weighted by Crippen LogP contribution is 2.42. The fourth-order valence-electron chi connectivity index (χ4n) is 3.75. The molecular weight excluding hydrogens is 336 g/mol. The van der Waals surface area contributed by atoms with Gasteiger partial charge in [-0.3, -0.25) is 9.59 Å². The predicted molar refractivity (Wildman–Crippen MR) is 108 cm³/mol. The third-order valence-corrected chi connectivity index (χ3v) is 5.05. The topological polar surface area (TPSA) is 62.0 Å². The van der Waals surface area contributed by atoms with Crippen molar-refractivity contribution in [1.29, 1.82) is 0 Å². The summed E-state index contributed by atoms with van der Waals surface area (Å²) in [7, 11) is 0. The van der Waals surface area contributed by atoms with Gasteiger partial charge in [-0.15, -0.1) is 0 Å². The number of ketones is 1. The van der Waals surface area contributed by atoms with Gasteiger partial charge in [0.25, 0.3) is 5.56 Å². The molecule has 130 valence electrons. The summed E-state index contributed by atoms with van der Waals surface area (Å²) in [5, 5.41) is 4.06. The molecule has 1 heterocycles. The number of pyridine rings is 1. The van der Waals surface area contributed by atoms with Crippen LogP contribution in [0.1, 0.15) is 21.5 Å². The molecule has 4 heteroatoms. The summed E-state index contributed by atoms with van der Waals surface area (Å²) in [5.41, 5.74) is 5.69. The van der Waals surface area contributed by atoms with Crippen molar-refractivity contribution in [1.82, 2.24) is 4.98 Å². The molecule has 0 saturated carbocycles. The highest BCUT2D eigenvalue weighted by Gasteiger charge is 2.28. The van der Waals surface area contributed by atoms with E-state index in [4.69, 9.17) is 0 Å². The zero-order valence-corrected chi connectivity index (χ0v) is 14.7. The lowest BCUT2D eigenvalue weighted by Crippen LogP contribution is -2.18. The minimum absolute atomic E-state index is 0.0166. The summed E-state index contributed by atoms with van der Waals surface area (Å²) in [6.45, 7) is 2.02. The SMILES string of the molecule is Cc1ccc(Nc2c3c4c(cccc4[nH]c2=O)C(=O)c2ccccc2-3)cc1. The summed E-state index contributed by atoms with van der Waals surface area (Å²) in [6, 6.07) is 20.8. The summed E-state index contributed by atoms with van der Waals surface area (Å²) < 4.78 is 0. The van der Waals surface area contributed by atoms with Gasteiger partial charge in [-0.2, -0.15) is 0 Å². The summed E-state index contributed by atoms with van der Waals surface area (Å²) in [6.07, 6.45) is 0. The van der Waals surface area contributed by atoms with E-state index in [9.17, 15) is 9.59 Å². The number of fused-ring (bicyclic) bond motifs is 2. The number of anilines is 2. The molecule has 1 aromatic heterocycles. The summed E-state index contributed by atoms with van der Waals surface area (Å²) in [5.74, 6) is -0.0166. The van der Waals surface area contributed by atoms with Crippen LogP contribution >= 0.6 is 0 Å². The maximum Gasteiger partial charge on any atom is 0.272 e. The number of hydrogen-bond acceptors (Lipinski definition) is 3. The van der Waals surface area contributed by atoms with Gasteiger partial charge in [0.05, 0.1) is 0 Å². The maximum absolute atomic E-state index is 13.0. The lowest BCUT2D eigenvalue weighted by Gasteiger charge is -2.22. The molecule has 5 rings (SSSR count). The number of aromatic nitrogens is 1. The van der Waals surface area contributed by atoms with Crippen molar-refractivity contribution in [3.63, 3.8) is 0 Å². The van der Waals surface area contributed by atoms with Crippen LogP contribution in [0, 0.1) is 6.92 Å². The van der Waals surface area contributed by atoms with Gasteiger partial charge in [0.1, 0.15) is 5.69 Å². The van der Waals surface area contributed by atoms with E-state index < -0.39 is 0 Å². The molecule has 0 atom stereocenters. The number of aryl methyl sites for hydroxylation is 1. The fraction of sp³-hybridized carbons (Fsp3) is 0.0435. The van der Waals surface area contributed by atoms with Crippen molar-refractivity contribution in [3.05, 3.63) is 93.8 Å². The molecule has 3 aromatic carbocycles. The number of carbonyl (C=O) groups is 1. The van der Waals surface area contributed by atoms with E-state index in [2.05, 4.69) is 10.3 Å². The lowest BCUT2D eigenvalue weighted by atomic mass is 9.83. The highest BCUT2D eigenvalue weighted by molar-refractivity contribution is 6.26. The molecule has 4 aromatic rings. The second-order valence-electron chi connectivity index (χ2n) is 6.80. The molecule has 27 heavy (non-hydrogen) atoms. The largest absolute Gasteiger partial charge is 0.350 e. The quantitative estimate of drug-likeness (QED) is 0.480. The van der Waals surface area contributed by atoms with Crippen LogP contribution in [-0.2, 0) is 0 Å². The zero-order chi connectivity index (χ0) is 18.5. The van der Waals surface area contributed by atoms with E-state index in [1.807, 2.05) is 67.6 Å². The smallest absolute Gasteiger partial charge is 0.272 e. The molecular formula is C23H16N2O2. The molecule has 0 saturated heterocycles. The Labute approximate surface area is 155 Å². The Morgan fingerprint density at radius 1 is 0.778 bits per heavy atom. The first-order valence-corrected chi connectivity index (χ1v) is 8.80. The first kappa shape index (κ1) is 15.6. The molecule has 0 spiro atoms. The third kappa shape index (κ3) is 2.30. The maximum atomic E-state index is 13.0. The summed E-state index contributed by atoms with van der Waals surface area (Å²) in [4.78, 5) is 28.8. The Bertz CT molecular complexity index is 1280. The van der Waals surface area contributed by atoms with Crippen LogP contribution < -0.4 is 10.9 Å². The monoisotopic (exact) mass is 352 g/mol. The van der Waals surface area contributed by atoms with Gasteiger partial charge in [0, 0.05) is 33.3 Å². The van der Waals surface area contributed by atoms with Crippen molar-refractivity contribution < 1.29 is 4.79 Å². The van der Waals surface area contributed by atoms with Crippen molar-refractivity contribution >= 4 is 28.1 Å². The van der Waals surface area contributed by atoms with Crippen LogP contribution in [0.2, 0.25) is 0 Å². The molecule has 0 radical (unpaired) electrons. The Morgan fingerprint density at radius 3 is 2.26 bits per heavy atom.